The molecule has 1 aliphatic carbocycles. The highest BCUT2D eigenvalue weighted by atomic mass is 19.4. The third kappa shape index (κ3) is 4.67. The number of morpholine rings is 1. The first kappa shape index (κ1) is 21.1. The molecule has 3 N–H and O–H groups in total. The van der Waals surface area contributed by atoms with Crippen LogP contribution in [0.5, 0.6) is 0 Å². The van der Waals surface area contributed by atoms with Gasteiger partial charge < -0.3 is 20.7 Å². The number of hydrogen-bond acceptors (Lipinski definition) is 5. The fourth-order valence-electron chi connectivity index (χ4n) is 3.24. The number of carbonyl (C=O) groups excluding carboxylic acids is 3. The fraction of sp³-hybridized carbons (Fsp3) is 0.500. The van der Waals surface area contributed by atoms with Crippen molar-refractivity contribution in [2.45, 2.75) is 31.1 Å². The molecule has 2 fully saturated rings. The van der Waals surface area contributed by atoms with Crippen molar-refractivity contribution in [1.29, 1.82) is 0 Å². The van der Waals surface area contributed by atoms with Crippen molar-refractivity contribution < 1.29 is 32.3 Å². The van der Waals surface area contributed by atoms with Crippen LogP contribution in [0.3, 0.4) is 0 Å². The molecule has 8 nitrogen and oxygen atoms in total. The molecule has 3 rings (SSSR count). The first-order valence-corrected chi connectivity index (χ1v) is 9.01. The van der Waals surface area contributed by atoms with Crippen molar-refractivity contribution in [3.8, 4) is 0 Å². The zero-order chi connectivity index (χ0) is 21.3. The van der Waals surface area contributed by atoms with Gasteiger partial charge >= 0.3 is 6.18 Å². The van der Waals surface area contributed by atoms with E-state index in [9.17, 15) is 27.6 Å². The van der Waals surface area contributed by atoms with Gasteiger partial charge in [0, 0.05) is 18.3 Å². The Morgan fingerprint density at radius 3 is 2.59 bits per heavy atom. The first-order chi connectivity index (χ1) is 13.6. The first-order valence-electron chi connectivity index (χ1n) is 9.01. The van der Waals surface area contributed by atoms with Crippen LogP contribution < -0.4 is 16.0 Å². The lowest BCUT2D eigenvalue weighted by Crippen LogP contribution is -2.51. The maximum Gasteiger partial charge on any atom is 0.418 e. The Bertz CT molecular complexity index is 826. The number of carbonyl (C=O) groups is 3. The standard InChI is InChI=1S/C18H21F3N4O4/c1-24(10-2-3-10)15(16(22)27)17(28)23-13-5-4-11(8-12(13)18(19,20)21)25-6-7-29-9-14(25)26/h4-5,8,10,15H,2-3,6-7,9H2,1H3,(H2,22,27)(H,23,28)/t15-/m0/s1. The Morgan fingerprint density at radius 1 is 1.34 bits per heavy atom. The number of amides is 3. The maximum absolute atomic E-state index is 13.6. The predicted molar refractivity (Wildman–Crippen MR) is 97.0 cm³/mol. The number of ether oxygens (including phenoxy) is 1. The van der Waals surface area contributed by atoms with Crippen LogP contribution in [0.1, 0.15) is 18.4 Å². The zero-order valence-corrected chi connectivity index (χ0v) is 15.7. The Labute approximate surface area is 164 Å². The Balaban J connectivity index is 1.88. The van der Waals surface area contributed by atoms with Crippen molar-refractivity contribution in [2.75, 3.05) is 37.0 Å². The molecule has 0 bridgehead atoms. The molecule has 2 aliphatic rings. The molecule has 1 aromatic carbocycles. The predicted octanol–water partition coefficient (Wildman–Crippen LogP) is 0.955. The molecule has 1 atom stereocenters. The van der Waals surface area contributed by atoms with Gasteiger partial charge in [-0.3, -0.25) is 19.3 Å². The molecule has 1 aliphatic heterocycles. The summed E-state index contributed by atoms with van der Waals surface area (Å²) in [5.41, 5.74) is 3.71. The summed E-state index contributed by atoms with van der Waals surface area (Å²) in [5, 5.41) is 2.17. The van der Waals surface area contributed by atoms with Crippen LogP contribution in [-0.4, -0.2) is 61.5 Å². The highest BCUT2D eigenvalue weighted by molar-refractivity contribution is 6.10. The number of anilines is 2. The van der Waals surface area contributed by atoms with Crippen molar-refractivity contribution in [1.82, 2.24) is 4.90 Å². The van der Waals surface area contributed by atoms with Crippen LogP contribution >= 0.6 is 0 Å². The van der Waals surface area contributed by atoms with Gasteiger partial charge in [0.25, 0.3) is 11.8 Å². The monoisotopic (exact) mass is 414 g/mol. The molecule has 0 unspecified atom stereocenters. The quantitative estimate of drug-likeness (QED) is 0.675. The van der Waals surface area contributed by atoms with E-state index in [0.717, 1.165) is 25.0 Å². The van der Waals surface area contributed by atoms with Crippen LogP contribution in [0.15, 0.2) is 18.2 Å². The molecule has 1 heterocycles. The summed E-state index contributed by atoms with van der Waals surface area (Å²) in [6, 6.07) is 1.77. The van der Waals surface area contributed by atoms with Gasteiger partial charge in [-0.15, -0.1) is 0 Å². The van der Waals surface area contributed by atoms with Gasteiger partial charge in [0.15, 0.2) is 6.04 Å². The summed E-state index contributed by atoms with van der Waals surface area (Å²) < 4.78 is 45.8. The molecular formula is C18H21F3N4O4. The van der Waals surface area contributed by atoms with E-state index in [1.54, 1.807) is 0 Å². The Kier molecular flexibility index (Phi) is 5.80. The number of benzene rings is 1. The number of nitrogens with zero attached hydrogens (tertiary/aromatic N) is 2. The van der Waals surface area contributed by atoms with E-state index in [0.29, 0.717) is 0 Å². The highest BCUT2D eigenvalue weighted by Crippen LogP contribution is 2.38. The number of likely N-dealkylation sites (N-methyl/N-ethyl adjacent to an activating group) is 1. The molecule has 0 radical (unpaired) electrons. The smallest absolute Gasteiger partial charge is 0.370 e. The summed E-state index contributed by atoms with van der Waals surface area (Å²) in [4.78, 5) is 38.8. The van der Waals surface area contributed by atoms with Gasteiger partial charge in [0.05, 0.1) is 17.9 Å². The second-order valence-electron chi connectivity index (χ2n) is 7.02. The van der Waals surface area contributed by atoms with E-state index < -0.39 is 41.2 Å². The van der Waals surface area contributed by atoms with Crippen molar-refractivity contribution >= 4 is 29.1 Å². The minimum atomic E-state index is -4.79. The van der Waals surface area contributed by atoms with E-state index in [4.69, 9.17) is 10.5 Å². The maximum atomic E-state index is 13.6. The number of halogens is 3. The SMILES string of the molecule is CN(C1CC1)[C@@H](C(N)=O)C(=O)Nc1ccc(N2CCOCC2=O)cc1C(F)(F)F. The Morgan fingerprint density at radius 2 is 2.03 bits per heavy atom. The van der Waals surface area contributed by atoms with Gasteiger partial charge in [-0.2, -0.15) is 13.2 Å². The van der Waals surface area contributed by atoms with Crippen molar-refractivity contribution in [3.63, 3.8) is 0 Å². The lowest BCUT2D eigenvalue weighted by molar-refractivity contribution is -0.137. The topological polar surface area (TPSA) is 105 Å². The summed E-state index contributed by atoms with van der Waals surface area (Å²) in [6.45, 7) is 0.116. The van der Waals surface area contributed by atoms with Crippen LogP contribution in [-0.2, 0) is 25.3 Å². The summed E-state index contributed by atoms with van der Waals surface area (Å²) in [6.07, 6.45) is -3.23. The van der Waals surface area contributed by atoms with E-state index in [1.165, 1.54) is 22.9 Å². The highest BCUT2D eigenvalue weighted by Gasteiger charge is 2.40. The third-order valence-electron chi connectivity index (χ3n) is 4.91. The third-order valence-corrected chi connectivity index (χ3v) is 4.91. The summed E-state index contributed by atoms with van der Waals surface area (Å²) in [5.74, 6) is -2.34. The molecule has 0 spiro atoms. The molecule has 1 aromatic rings. The zero-order valence-electron chi connectivity index (χ0n) is 15.7. The molecule has 1 saturated heterocycles. The van der Waals surface area contributed by atoms with Gasteiger partial charge in [0.1, 0.15) is 6.61 Å². The van der Waals surface area contributed by atoms with E-state index in [1.807, 2.05) is 0 Å². The number of rotatable bonds is 6. The van der Waals surface area contributed by atoms with Crippen LogP contribution in [0, 0.1) is 0 Å². The number of primary amides is 1. The minimum absolute atomic E-state index is 0.00459. The van der Waals surface area contributed by atoms with Crippen LogP contribution in [0.2, 0.25) is 0 Å². The largest absolute Gasteiger partial charge is 0.418 e. The van der Waals surface area contributed by atoms with Gasteiger partial charge in [-0.1, -0.05) is 0 Å². The molecule has 3 amide bonds. The molecule has 1 saturated carbocycles. The second-order valence-corrected chi connectivity index (χ2v) is 7.02. The van der Waals surface area contributed by atoms with Gasteiger partial charge in [-0.05, 0) is 38.1 Å². The normalized spacial score (nSPS) is 18.7. The lowest BCUT2D eigenvalue weighted by Gasteiger charge is -2.28. The summed E-state index contributed by atoms with van der Waals surface area (Å²) in [7, 11) is 1.53. The number of nitrogens with one attached hydrogen (secondary N) is 1. The number of alkyl halides is 3. The molecule has 0 aromatic heterocycles. The van der Waals surface area contributed by atoms with Gasteiger partial charge in [-0.25, -0.2) is 0 Å². The average molecular weight is 414 g/mol. The molecular weight excluding hydrogens is 393 g/mol. The molecule has 158 valence electrons. The Hall–Kier alpha value is -2.66. The number of nitrogens with two attached hydrogens (primary N) is 1. The summed E-state index contributed by atoms with van der Waals surface area (Å²) >= 11 is 0. The van der Waals surface area contributed by atoms with E-state index >= 15 is 0 Å². The number of hydrogen-bond donors (Lipinski definition) is 2. The van der Waals surface area contributed by atoms with E-state index in [-0.39, 0.29) is 31.5 Å². The van der Waals surface area contributed by atoms with Crippen molar-refractivity contribution in [3.05, 3.63) is 23.8 Å². The molecule has 29 heavy (non-hydrogen) atoms. The minimum Gasteiger partial charge on any atom is -0.370 e. The van der Waals surface area contributed by atoms with E-state index in [2.05, 4.69) is 5.32 Å². The van der Waals surface area contributed by atoms with Crippen LogP contribution in [0.25, 0.3) is 0 Å². The van der Waals surface area contributed by atoms with Gasteiger partial charge in [0.2, 0.25) is 5.91 Å². The van der Waals surface area contributed by atoms with Crippen molar-refractivity contribution in [2.24, 2.45) is 5.73 Å². The van der Waals surface area contributed by atoms with Crippen LogP contribution in [0.4, 0.5) is 24.5 Å². The second kappa shape index (κ2) is 7.99. The fourth-order valence-corrected chi connectivity index (χ4v) is 3.24. The molecule has 11 heteroatoms. The lowest BCUT2D eigenvalue weighted by atomic mass is 10.1. The average Bonchev–Trinajstić information content (AvgIpc) is 3.46.